The quantitative estimate of drug-likeness (QED) is 0.0671. The molecule has 1 atom stereocenters. The Morgan fingerprint density at radius 2 is 0.896 bits per heavy atom. The highest BCUT2D eigenvalue weighted by Gasteiger charge is 2.29. The first-order chi connectivity index (χ1) is 46.6. The lowest BCUT2D eigenvalue weighted by atomic mass is 10.1. The summed E-state index contributed by atoms with van der Waals surface area (Å²) < 4.78 is 33.5. The van der Waals surface area contributed by atoms with Gasteiger partial charge in [0.1, 0.15) is 28.1 Å². The molecule has 0 radical (unpaired) electrons. The number of aromatic nitrogens is 12. The Bertz CT molecular complexity index is 4830. The number of piperazine rings is 1. The van der Waals surface area contributed by atoms with E-state index in [1.165, 1.54) is 12.1 Å². The summed E-state index contributed by atoms with van der Waals surface area (Å²) in [7, 11) is 4.08. The SMILES string of the molecule is CN(C)[C@@H]1CCN(C(=O)c2ccc(-c3cnc(N)c(-c4nc5c(F)cccc5[nH]4)n3)cc2)C1.Cc1cccc2[nH]c(-c3nc(-c4ccc(C(=O)N5CCNCC5)cc4)cnc3N)nc12.Nc1ncc(-c2ccc(C(=O)N3CCCOCC3)cc2)nc1-c1nc2c(F)cccc2[nH]1. The van der Waals surface area contributed by atoms with Gasteiger partial charge < -0.3 is 61.8 Å². The molecule has 3 saturated heterocycles. The minimum atomic E-state index is -0.427. The van der Waals surface area contributed by atoms with E-state index in [2.05, 4.69) is 65.0 Å². The number of rotatable bonds is 10. The van der Waals surface area contributed by atoms with Crippen LogP contribution in [-0.2, 0) is 4.74 Å². The van der Waals surface area contributed by atoms with Gasteiger partial charge in [-0.05, 0) is 106 Å². The third kappa shape index (κ3) is 13.5. The first kappa shape index (κ1) is 63.3. The first-order valence-electron chi connectivity index (χ1n) is 31.4. The monoisotopic (exact) mass is 1290 g/mol. The maximum atomic E-state index is 14.1. The average Bonchev–Trinajstić information content (AvgIpc) is 1.63. The molecule has 0 spiro atoms. The van der Waals surface area contributed by atoms with Crippen LogP contribution < -0.4 is 22.5 Å². The third-order valence-corrected chi connectivity index (χ3v) is 17.1. The molecule has 3 aliphatic rings. The van der Waals surface area contributed by atoms with Crippen molar-refractivity contribution in [3.63, 3.8) is 0 Å². The van der Waals surface area contributed by atoms with Gasteiger partial charge in [-0.1, -0.05) is 60.7 Å². The summed E-state index contributed by atoms with van der Waals surface area (Å²) in [5.41, 5.74) is 30.0. The van der Waals surface area contributed by atoms with Crippen LogP contribution in [0.3, 0.4) is 0 Å². The molecule has 3 fully saturated rings. The zero-order chi connectivity index (χ0) is 66.6. The molecule has 96 heavy (non-hydrogen) atoms. The predicted molar refractivity (Wildman–Crippen MR) is 364 cm³/mol. The standard InChI is InChI=1S/C24H24FN7O.C23H21FN6O2.C23H23N7O/c1-31(2)16-10-11-32(13-16)24(33)15-8-6-14(7-9-15)19-12-27-22(26)21(28-19)23-29-18-5-3-4-17(25)20(18)30-23;24-16-3-1-4-17-19(16)29-22(28-17)20-21(25)26-13-18(27-20)14-5-7-15(8-6-14)23(31)30-9-2-11-32-12-10-30;1-14-3-2-4-17-19(14)29-22(28-17)20-21(24)26-13-18(27-20)15-5-7-16(8-6-15)23(31)30-11-9-25-10-12-30/h3-9,12,16H,10-11,13H2,1-2H3,(H2,26,27)(H,29,30);1,3-8,13H,2,9-12H2,(H2,25,26)(H,28,29);2-8,13,25H,9-12H2,1H3,(H2,24,26)(H,28,29)/t16-;;/m1../s1. The van der Waals surface area contributed by atoms with Gasteiger partial charge >= 0.3 is 0 Å². The summed E-state index contributed by atoms with van der Waals surface area (Å²) in [5.74, 6) is 1.16. The van der Waals surface area contributed by atoms with E-state index in [4.69, 9.17) is 26.9 Å². The van der Waals surface area contributed by atoms with Crippen molar-refractivity contribution >= 4 is 68.3 Å². The molecule has 6 aromatic carbocycles. The summed E-state index contributed by atoms with van der Waals surface area (Å²) in [4.78, 5) is 95.5. The largest absolute Gasteiger partial charge is 0.382 e. The number of benzene rings is 6. The van der Waals surface area contributed by atoms with E-state index in [9.17, 15) is 23.2 Å². The van der Waals surface area contributed by atoms with Crippen molar-refractivity contribution < 1.29 is 27.9 Å². The lowest BCUT2D eigenvalue weighted by Gasteiger charge is -2.27. The van der Waals surface area contributed by atoms with Crippen LogP contribution in [0.5, 0.6) is 0 Å². The number of likely N-dealkylation sites (N-methyl/N-ethyl adjacent to an activating group) is 1. The van der Waals surface area contributed by atoms with Crippen LogP contribution in [0.25, 0.3) is 101 Å². The molecule has 12 aromatic rings. The van der Waals surface area contributed by atoms with Crippen molar-refractivity contribution in [3.05, 3.63) is 180 Å². The van der Waals surface area contributed by atoms with E-state index >= 15 is 0 Å². The highest BCUT2D eigenvalue weighted by Crippen LogP contribution is 2.32. The number of amides is 3. The zero-order valence-corrected chi connectivity index (χ0v) is 52.9. The molecule has 10 N–H and O–H groups in total. The smallest absolute Gasteiger partial charge is 0.253 e. The number of aromatic amines is 3. The number of nitrogens with zero attached hydrogens (tertiary/aromatic N) is 13. The number of halogens is 2. The van der Waals surface area contributed by atoms with Crippen LogP contribution in [-0.4, -0.2) is 183 Å². The molecule has 26 heteroatoms. The number of nitrogen functional groups attached to an aromatic ring is 3. The van der Waals surface area contributed by atoms with E-state index in [-0.39, 0.29) is 40.4 Å². The number of aryl methyl sites for hydroxylation is 1. The molecule has 0 saturated carbocycles. The number of hydrogen-bond acceptors (Lipinski definition) is 18. The van der Waals surface area contributed by atoms with Crippen LogP contribution in [0.4, 0.5) is 26.2 Å². The molecule has 3 aliphatic heterocycles. The summed E-state index contributed by atoms with van der Waals surface area (Å²) in [6.45, 7) is 9.13. The second-order valence-electron chi connectivity index (χ2n) is 23.7. The molecule has 9 heterocycles. The second kappa shape index (κ2) is 27.6. The Morgan fingerprint density at radius 3 is 1.31 bits per heavy atom. The van der Waals surface area contributed by atoms with Gasteiger partial charge in [0.25, 0.3) is 17.7 Å². The number of ether oxygens (including phenoxy) is 1. The first-order valence-corrected chi connectivity index (χ1v) is 31.4. The van der Waals surface area contributed by atoms with Crippen LogP contribution in [0, 0.1) is 18.6 Å². The summed E-state index contributed by atoms with van der Waals surface area (Å²) >= 11 is 0. The zero-order valence-electron chi connectivity index (χ0n) is 52.9. The lowest BCUT2D eigenvalue weighted by Crippen LogP contribution is -2.46. The number of fused-ring (bicyclic) bond motifs is 3. The molecule has 24 nitrogen and oxygen atoms in total. The summed E-state index contributed by atoms with van der Waals surface area (Å²) in [5, 5.41) is 3.26. The van der Waals surface area contributed by atoms with E-state index in [0.717, 1.165) is 85.4 Å². The number of anilines is 3. The maximum absolute atomic E-state index is 14.1. The highest BCUT2D eigenvalue weighted by atomic mass is 19.1. The van der Waals surface area contributed by atoms with Crippen molar-refractivity contribution in [3.8, 4) is 68.3 Å². The van der Waals surface area contributed by atoms with E-state index in [1.54, 1.807) is 67.1 Å². The summed E-state index contributed by atoms with van der Waals surface area (Å²) in [6, 6.07) is 37.7. The van der Waals surface area contributed by atoms with Crippen molar-refractivity contribution in [1.29, 1.82) is 0 Å². The van der Waals surface area contributed by atoms with Gasteiger partial charge in [0.15, 0.2) is 46.6 Å². The van der Waals surface area contributed by atoms with E-state index < -0.39 is 11.6 Å². The maximum Gasteiger partial charge on any atom is 0.253 e. The molecule has 6 aromatic heterocycles. The number of para-hydroxylation sites is 3. The van der Waals surface area contributed by atoms with Gasteiger partial charge in [0, 0.05) is 98.4 Å². The van der Waals surface area contributed by atoms with Gasteiger partial charge in [-0.15, -0.1) is 0 Å². The highest BCUT2D eigenvalue weighted by molar-refractivity contribution is 5.96. The average molecular weight is 1290 g/mol. The van der Waals surface area contributed by atoms with Gasteiger partial charge in [-0.3, -0.25) is 14.4 Å². The summed E-state index contributed by atoms with van der Waals surface area (Å²) in [6.07, 6.45) is 6.58. The number of likely N-dealkylation sites (tertiary alicyclic amines) is 1. The number of carbonyl (C=O) groups excluding carboxylic acids is 3. The van der Waals surface area contributed by atoms with Gasteiger partial charge in [0.05, 0.1) is 64.3 Å². The fraction of sp³-hybridized carbons (Fsp3) is 0.229. The van der Waals surface area contributed by atoms with Crippen LogP contribution >= 0.6 is 0 Å². The van der Waals surface area contributed by atoms with Gasteiger partial charge in [0.2, 0.25) is 0 Å². The third-order valence-electron chi connectivity index (χ3n) is 17.1. The number of imidazole rings is 3. The van der Waals surface area contributed by atoms with E-state index in [0.29, 0.717) is 118 Å². The molecule has 15 rings (SSSR count). The minimum Gasteiger partial charge on any atom is -0.382 e. The number of H-pyrrole nitrogens is 3. The Hall–Kier alpha value is -11.5. The minimum absolute atomic E-state index is 0.0181. The Balaban J connectivity index is 0.000000130. The predicted octanol–water partition coefficient (Wildman–Crippen LogP) is 9.08. The Kier molecular flexibility index (Phi) is 18.2. The topological polar surface area (TPSA) is 327 Å². The van der Waals surface area contributed by atoms with E-state index in [1.807, 2.05) is 102 Å². The number of carbonyl (C=O) groups is 3. The Morgan fingerprint density at radius 1 is 0.490 bits per heavy atom. The van der Waals surface area contributed by atoms with Crippen molar-refractivity contribution in [2.45, 2.75) is 25.8 Å². The van der Waals surface area contributed by atoms with Crippen LogP contribution in [0.1, 0.15) is 49.5 Å². The lowest BCUT2D eigenvalue weighted by molar-refractivity contribution is 0.0731. The fourth-order valence-electron chi connectivity index (χ4n) is 11.7. The molecular formula is C70H68F2N20O4. The Labute approximate surface area is 549 Å². The van der Waals surface area contributed by atoms with Crippen LogP contribution in [0.2, 0.25) is 0 Å². The molecule has 0 aliphatic carbocycles. The van der Waals surface area contributed by atoms with Crippen molar-refractivity contribution in [1.82, 2.24) is 84.7 Å². The number of nitrogens with two attached hydrogens (primary N) is 3. The normalized spacial score (nSPS) is 14.9. The molecular weight excluding hydrogens is 1220 g/mol. The second-order valence-corrected chi connectivity index (χ2v) is 23.7. The molecule has 486 valence electrons. The molecule has 3 amide bonds. The molecule has 0 unspecified atom stereocenters. The number of nitrogens with one attached hydrogen (secondary N) is 4. The van der Waals surface area contributed by atoms with Gasteiger partial charge in [-0.2, -0.15) is 0 Å². The van der Waals surface area contributed by atoms with Gasteiger partial charge in [-0.25, -0.2) is 53.6 Å². The molecule has 0 bridgehead atoms. The number of hydrogen-bond donors (Lipinski definition) is 7. The van der Waals surface area contributed by atoms with Crippen molar-refractivity contribution in [2.75, 3.05) is 96.9 Å². The van der Waals surface area contributed by atoms with Crippen molar-refractivity contribution in [2.24, 2.45) is 0 Å². The fourth-order valence-corrected chi connectivity index (χ4v) is 11.7. The van der Waals surface area contributed by atoms with Crippen LogP contribution in [0.15, 0.2) is 146 Å².